The van der Waals surface area contributed by atoms with Crippen LogP contribution < -0.4 is 10.1 Å². The van der Waals surface area contributed by atoms with Crippen molar-refractivity contribution in [1.29, 1.82) is 0 Å². The van der Waals surface area contributed by atoms with Gasteiger partial charge in [-0.05, 0) is 60.3 Å². The van der Waals surface area contributed by atoms with Crippen LogP contribution in [0.2, 0.25) is 0 Å². The van der Waals surface area contributed by atoms with Crippen LogP contribution in [0, 0.1) is 5.92 Å². The Morgan fingerprint density at radius 3 is 2.67 bits per heavy atom. The molecule has 112 valence electrons. The van der Waals surface area contributed by atoms with Crippen LogP contribution in [0.25, 0.3) is 10.8 Å². The maximum Gasteiger partial charge on any atom is 0.120 e. The average molecular weight is 348 g/mol. The predicted octanol–water partition coefficient (Wildman–Crippen LogP) is 4.76. The zero-order chi connectivity index (χ0) is 14.5. The molecule has 0 spiro atoms. The Morgan fingerprint density at radius 2 is 1.81 bits per heavy atom. The molecular formula is C18H22BrNO. The number of ether oxygens (including phenoxy) is 1. The van der Waals surface area contributed by atoms with E-state index in [0.29, 0.717) is 0 Å². The molecule has 3 rings (SSSR count). The van der Waals surface area contributed by atoms with Gasteiger partial charge in [0, 0.05) is 11.0 Å². The minimum absolute atomic E-state index is 0.731. The van der Waals surface area contributed by atoms with Crippen molar-refractivity contribution in [3.05, 3.63) is 40.9 Å². The fraction of sp³-hybridized carbons (Fsp3) is 0.444. The summed E-state index contributed by atoms with van der Waals surface area (Å²) in [4.78, 5) is 0. The molecule has 1 saturated carbocycles. The maximum absolute atomic E-state index is 5.83. The lowest BCUT2D eigenvalue weighted by Crippen LogP contribution is -2.26. The van der Waals surface area contributed by atoms with E-state index in [1.165, 1.54) is 36.5 Å². The van der Waals surface area contributed by atoms with E-state index in [2.05, 4.69) is 51.6 Å². The van der Waals surface area contributed by atoms with Crippen molar-refractivity contribution < 1.29 is 4.74 Å². The third kappa shape index (κ3) is 4.21. The first-order chi connectivity index (χ1) is 10.3. The molecule has 0 radical (unpaired) electrons. The van der Waals surface area contributed by atoms with E-state index in [1.807, 2.05) is 6.07 Å². The third-order valence-electron chi connectivity index (χ3n) is 4.23. The molecule has 2 aromatic rings. The number of nitrogens with one attached hydrogen (secondary N) is 1. The summed E-state index contributed by atoms with van der Waals surface area (Å²) in [5.41, 5.74) is 0. The number of benzene rings is 2. The Morgan fingerprint density at radius 1 is 1.05 bits per heavy atom. The van der Waals surface area contributed by atoms with Crippen LogP contribution in [-0.4, -0.2) is 19.7 Å². The lowest BCUT2D eigenvalue weighted by atomic mass is 10.1. The minimum atomic E-state index is 0.731. The molecule has 21 heavy (non-hydrogen) atoms. The van der Waals surface area contributed by atoms with Crippen molar-refractivity contribution in [3.63, 3.8) is 0 Å². The molecule has 1 N–H and O–H groups in total. The van der Waals surface area contributed by atoms with Gasteiger partial charge in [0.15, 0.2) is 0 Å². The Kier molecular flexibility index (Phi) is 5.15. The molecule has 2 nitrogen and oxygen atoms in total. The highest BCUT2D eigenvalue weighted by Crippen LogP contribution is 2.24. The zero-order valence-corrected chi connectivity index (χ0v) is 13.9. The van der Waals surface area contributed by atoms with Crippen molar-refractivity contribution in [3.8, 4) is 5.75 Å². The molecule has 1 fully saturated rings. The zero-order valence-electron chi connectivity index (χ0n) is 12.3. The first-order valence-electron chi connectivity index (χ1n) is 7.84. The second-order valence-corrected chi connectivity index (χ2v) is 6.77. The first kappa shape index (κ1) is 14.9. The molecule has 3 heteroatoms. The lowest BCUT2D eigenvalue weighted by molar-refractivity contribution is 0.309. The SMILES string of the molecule is Brc1ccc2cc(OCCNCC3CCCC3)ccc2c1. The van der Waals surface area contributed by atoms with E-state index in [4.69, 9.17) is 4.74 Å². The van der Waals surface area contributed by atoms with Gasteiger partial charge in [0.2, 0.25) is 0 Å². The summed E-state index contributed by atoms with van der Waals surface area (Å²) in [6.45, 7) is 2.80. The molecule has 0 aliphatic heterocycles. The molecule has 0 amide bonds. The van der Waals surface area contributed by atoms with Gasteiger partial charge >= 0.3 is 0 Å². The quantitative estimate of drug-likeness (QED) is 0.760. The molecule has 0 bridgehead atoms. The first-order valence-corrected chi connectivity index (χ1v) is 8.63. The summed E-state index contributed by atoms with van der Waals surface area (Å²) in [7, 11) is 0. The summed E-state index contributed by atoms with van der Waals surface area (Å²) in [6, 6.07) is 12.6. The molecule has 0 saturated heterocycles. The normalized spacial score (nSPS) is 15.7. The summed E-state index contributed by atoms with van der Waals surface area (Å²) >= 11 is 3.50. The summed E-state index contributed by atoms with van der Waals surface area (Å²) < 4.78 is 6.95. The molecule has 0 atom stereocenters. The van der Waals surface area contributed by atoms with Gasteiger partial charge < -0.3 is 10.1 Å². The molecular weight excluding hydrogens is 326 g/mol. The van der Waals surface area contributed by atoms with Gasteiger partial charge in [0.25, 0.3) is 0 Å². The Labute approximate surface area is 135 Å². The van der Waals surface area contributed by atoms with Crippen LogP contribution in [0.15, 0.2) is 40.9 Å². The minimum Gasteiger partial charge on any atom is -0.492 e. The number of rotatable bonds is 6. The van der Waals surface area contributed by atoms with Crippen LogP contribution in [0.5, 0.6) is 5.75 Å². The Bertz CT molecular complexity index is 593. The molecule has 1 aliphatic carbocycles. The van der Waals surface area contributed by atoms with Gasteiger partial charge in [0.1, 0.15) is 12.4 Å². The molecule has 0 heterocycles. The van der Waals surface area contributed by atoms with E-state index in [9.17, 15) is 0 Å². The molecule has 2 aromatic carbocycles. The van der Waals surface area contributed by atoms with Crippen LogP contribution in [0.4, 0.5) is 0 Å². The van der Waals surface area contributed by atoms with Crippen molar-refractivity contribution in [2.75, 3.05) is 19.7 Å². The Hall–Kier alpha value is -1.06. The second-order valence-electron chi connectivity index (χ2n) is 5.86. The van der Waals surface area contributed by atoms with E-state index < -0.39 is 0 Å². The topological polar surface area (TPSA) is 21.3 Å². The van der Waals surface area contributed by atoms with Crippen molar-refractivity contribution in [2.24, 2.45) is 5.92 Å². The van der Waals surface area contributed by atoms with Crippen molar-refractivity contribution in [2.45, 2.75) is 25.7 Å². The second kappa shape index (κ2) is 7.28. The van der Waals surface area contributed by atoms with Gasteiger partial charge in [-0.1, -0.05) is 40.9 Å². The highest BCUT2D eigenvalue weighted by molar-refractivity contribution is 9.10. The maximum atomic E-state index is 5.83. The van der Waals surface area contributed by atoms with Gasteiger partial charge in [-0.15, -0.1) is 0 Å². The standard InChI is InChI=1S/C18H22BrNO/c19-17-7-5-16-12-18(8-6-15(16)11-17)21-10-9-20-13-14-3-1-2-4-14/h5-8,11-12,14,20H,1-4,9-10,13H2. The highest BCUT2D eigenvalue weighted by Gasteiger charge is 2.13. The lowest BCUT2D eigenvalue weighted by Gasteiger charge is -2.11. The van der Waals surface area contributed by atoms with Crippen LogP contribution >= 0.6 is 15.9 Å². The van der Waals surface area contributed by atoms with Crippen LogP contribution in [-0.2, 0) is 0 Å². The van der Waals surface area contributed by atoms with E-state index >= 15 is 0 Å². The predicted molar refractivity (Wildman–Crippen MR) is 92.0 cm³/mol. The summed E-state index contributed by atoms with van der Waals surface area (Å²) in [5.74, 6) is 1.84. The van der Waals surface area contributed by atoms with Gasteiger partial charge in [-0.25, -0.2) is 0 Å². The summed E-state index contributed by atoms with van der Waals surface area (Å²) in [6.07, 6.45) is 5.62. The molecule has 1 aliphatic rings. The largest absolute Gasteiger partial charge is 0.492 e. The van der Waals surface area contributed by atoms with E-state index in [1.54, 1.807) is 0 Å². The molecule has 0 unspecified atom stereocenters. The number of fused-ring (bicyclic) bond motifs is 1. The van der Waals surface area contributed by atoms with Crippen molar-refractivity contribution in [1.82, 2.24) is 5.32 Å². The van der Waals surface area contributed by atoms with Crippen molar-refractivity contribution >= 4 is 26.7 Å². The van der Waals surface area contributed by atoms with Gasteiger partial charge in [-0.3, -0.25) is 0 Å². The number of hydrogen-bond acceptors (Lipinski definition) is 2. The van der Waals surface area contributed by atoms with Crippen LogP contribution in [0.3, 0.4) is 0 Å². The van der Waals surface area contributed by atoms with Gasteiger partial charge in [0.05, 0.1) is 0 Å². The summed E-state index contributed by atoms with van der Waals surface area (Å²) in [5, 5.41) is 5.96. The number of halogens is 1. The monoisotopic (exact) mass is 347 g/mol. The number of hydrogen-bond donors (Lipinski definition) is 1. The van der Waals surface area contributed by atoms with Gasteiger partial charge in [-0.2, -0.15) is 0 Å². The fourth-order valence-corrected chi connectivity index (χ4v) is 3.42. The van der Waals surface area contributed by atoms with E-state index in [0.717, 1.165) is 35.8 Å². The van der Waals surface area contributed by atoms with Crippen LogP contribution in [0.1, 0.15) is 25.7 Å². The Balaban J connectivity index is 1.45. The third-order valence-corrected chi connectivity index (χ3v) is 4.72. The fourth-order valence-electron chi connectivity index (χ4n) is 3.05. The van der Waals surface area contributed by atoms with E-state index in [-0.39, 0.29) is 0 Å². The highest BCUT2D eigenvalue weighted by atomic mass is 79.9. The smallest absolute Gasteiger partial charge is 0.120 e. The molecule has 0 aromatic heterocycles. The average Bonchev–Trinajstić information content (AvgIpc) is 3.00.